The van der Waals surface area contributed by atoms with Gasteiger partial charge in [0.15, 0.2) is 0 Å². The first kappa shape index (κ1) is 15.9. The molecule has 3 nitrogen and oxygen atoms in total. The third-order valence-corrected chi connectivity index (χ3v) is 4.32. The Hall–Kier alpha value is -0.120. The second-order valence-corrected chi connectivity index (χ2v) is 6.53. The fraction of sp³-hybridized carbons (Fsp3) is 1.00. The normalized spacial score (nSPS) is 18.7. The second kappa shape index (κ2) is 7.46. The Morgan fingerprint density at radius 1 is 1.11 bits per heavy atom. The molecule has 18 heavy (non-hydrogen) atoms. The van der Waals surface area contributed by atoms with Crippen molar-refractivity contribution < 1.29 is 0 Å². The minimum Gasteiger partial charge on any atom is -0.315 e. The summed E-state index contributed by atoms with van der Waals surface area (Å²) in [7, 11) is 6.75. The van der Waals surface area contributed by atoms with Crippen molar-refractivity contribution in [2.45, 2.75) is 57.5 Å². The van der Waals surface area contributed by atoms with Crippen LogP contribution in [0.1, 0.15) is 46.0 Å². The summed E-state index contributed by atoms with van der Waals surface area (Å²) in [5, 5.41) is 3.48. The second-order valence-electron chi connectivity index (χ2n) is 6.53. The van der Waals surface area contributed by atoms with Gasteiger partial charge < -0.3 is 15.1 Å². The molecule has 1 aliphatic rings. The van der Waals surface area contributed by atoms with Crippen molar-refractivity contribution in [2.75, 3.05) is 40.8 Å². The summed E-state index contributed by atoms with van der Waals surface area (Å²) in [6.45, 7) is 8.05. The molecule has 0 heterocycles. The molecule has 1 N–H and O–H groups in total. The maximum Gasteiger partial charge on any atom is 0.0330 e. The van der Waals surface area contributed by atoms with Gasteiger partial charge in [0.25, 0.3) is 0 Å². The fourth-order valence-corrected chi connectivity index (χ4v) is 2.81. The molecule has 1 aliphatic carbocycles. The fourth-order valence-electron chi connectivity index (χ4n) is 2.81. The maximum atomic E-state index is 3.48. The molecular formula is C15H33N3. The molecule has 0 unspecified atom stereocenters. The minimum atomic E-state index is 0.477. The summed E-state index contributed by atoms with van der Waals surface area (Å²) in [6.07, 6.45) is 6.75. The first-order valence-electron chi connectivity index (χ1n) is 7.56. The lowest BCUT2D eigenvalue weighted by Crippen LogP contribution is -2.56. The summed E-state index contributed by atoms with van der Waals surface area (Å²) in [6, 6.07) is 0.620. The number of hydrogen-bond donors (Lipinski definition) is 1. The lowest BCUT2D eigenvalue weighted by molar-refractivity contribution is 0.0275. The van der Waals surface area contributed by atoms with E-state index in [-0.39, 0.29) is 0 Å². The highest BCUT2D eigenvalue weighted by molar-refractivity contribution is 4.97. The van der Waals surface area contributed by atoms with Gasteiger partial charge in [-0.1, -0.05) is 13.8 Å². The molecular weight excluding hydrogens is 222 g/mol. The van der Waals surface area contributed by atoms with E-state index >= 15 is 0 Å². The van der Waals surface area contributed by atoms with Crippen LogP contribution in [0.3, 0.4) is 0 Å². The SMILES string of the molecule is CC(C)NCCCCN(C)CC1(N(C)C)CCC1. The third-order valence-electron chi connectivity index (χ3n) is 4.32. The van der Waals surface area contributed by atoms with E-state index in [0.29, 0.717) is 11.6 Å². The molecule has 0 aromatic rings. The number of nitrogens with zero attached hydrogens (tertiary/aromatic N) is 2. The molecule has 0 bridgehead atoms. The largest absolute Gasteiger partial charge is 0.315 e. The zero-order chi connectivity index (χ0) is 13.6. The van der Waals surface area contributed by atoms with Crippen LogP contribution in [0, 0.1) is 0 Å². The zero-order valence-electron chi connectivity index (χ0n) is 13.1. The Morgan fingerprint density at radius 3 is 2.22 bits per heavy atom. The highest BCUT2D eigenvalue weighted by Crippen LogP contribution is 2.36. The molecule has 0 saturated heterocycles. The van der Waals surface area contributed by atoms with Crippen molar-refractivity contribution in [1.29, 1.82) is 0 Å². The van der Waals surface area contributed by atoms with Crippen LogP contribution in [0.5, 0.6) is 0 Å². The highest BCUT2D eigenvalue weighted by Gasteiger charge is 2.39. The molecule has 0 atom stereocenters. The van der Waals surface area contributed by atoms with Gasteiger partial charge in [-0.2, -0.15) is 0 Å². The number of nitrogens with one attached hydrogen (secondary N) is 1. The highest BCUT2D eigenvalue weighted by atomic mass is 15.2. The van der Waals surface area contributed by atoms with Crippen LogP contribution in [0.15, 0.2) is 0 Å². The summed E-state index contributed by atoms with van der Waals surface area (Å²) < 4.78 is 0. The van der Waals surface area contributed by atoms with Crippen LogP contribution < -0.4 is 5.32 Å². The Kier molecular flexibility index (Phi) is 6.61. The Bertz CT molecular complexity index is 222. The van der Waals surface area contributed by atoms with Crippen LogP contribution in [-0.4, -0.2) is 62.2 Å². The average Bonchev–Trinajstić information content (AvgIpc) is 2.22. The molecule has 3 heteroatoms. The van der Waals surface area contributed by atoms with E-state index in [1.807, 2.05) is 0 Å². The lowest BCUT2D eigenvalue weighted by atomic mass is 9.75. The van der Waals surface area contributed by atoms with Crippen molar-refractivity contribution in [3.8, 4) is 0 Å². The summed E-state index contributed by atoms with van der Waals surface area (Å²) in [4.78, 5) is 4.96. The molecule has 0 aromatic heterocycles. The van der Waals surface area contributed by atoms with Gasteiger partial charge >= 0.3 is 0 Å². The van der Waals surface area contributed by atoms with Gasteiger partial charge in [0.05, 0.1) is 0 Å². The first-order valence-corrected chi connectivity index (χ1v) is 7.56. The van der Waals surface area contributed by atoms with Gasteiger partial charge in [0, 0.05) is 18.1 Å². The van der Waals surface area contributed by atoms with Gasteiger partial charge in [-0.05, 0) is 66.3 Å². The van der Waals surface area contributed by atoms with E-state index in [4.69, 9.17) is 0 Å². The maximum absolute atomic E-state index is 3.48. The van der Waals surface area contributed by atoms with Gasteiger partial charge in [-0.15, -0.1) is 0 Å². The Labute approximate surface area is 114 Å². The van der Waals surface area contributed by atoms with Gasteiger partial charge in [0.1, 0.15) is 0 Å². The quantitative estimate of drug-likeness (QED) is 0.637. The van der Waals surface area contributed by atoms with Crippen molar-refractivity contribution >= 4 is 0 Å². The molecule has 0 aromatic carbocycles. The molecule has 0 amide bonds. The molecule has 0 radical (unpaired) electrons. The lowest BCUT2D eigenvalue weighted by Gasteiger charge is -2.49. The molecule has 1 saturated carbocycles. The first-order chi connectivity index (χ1) is 8.46. The zero-order valence-corrected chi connectivity index (χ0v) is 13.1. The van der Waals surface area contributed by atoms with E-state index in [0.717, 1.165) is 6.54 Å². The monoisotopic (exact) mass is 255 g/mol. The van der Waals surface area contributed by atoms with E-state index in [9.17, 15) is 0 Å². The van der Waals surface area contributed by atoms with Crippen molar-refractivity contribution in [2.24, 2.45) is 0 Å². The molecule has 0 spiro atoms. The van der Waals surface area contributed by atoms with Crippen molar-refractivity contribution in [1.82, 2.24) is 15.1 Å². The van der Waals surface area contributed by atoms with Gasteiger partial charge in [-0.3, -0.25) is 0 Å². The molecule has 0 aliphatic heterocycles. The topological polar surface area (TPSA) is 18.5 Å². The number of hydrogen-bond acceptors (Lipinski definition) is 3. The Balaban J connectivity index is 2.11. The van der Waals surface area contributed by atoms with Crippen LogP contribution in [0.4, 0.5) is 0 Å². The van der Waals surface area contributed by atoms with Crippen molar-refractivity contribution in [3.05, 3.63) is 0 Å². The van der Waals surface area contributed by atoms with Gasteiger partial charge in [0.2, 0.25) is 0 Å². The van der Waals surface area contributed by atoms with E-state index in [1.165, 1.54) is 45.2 Å². The summed E-state index contributed by atoms with van der Waals surface area (Å²) in [5.41, 5.74) is 0.477. The van der Waals surface area contributed by atoms with Crippen molar-refractivity contribution in [3.63, 3.8) is 0 Å². The minimum absolute atomic E-state index is 0.477. The van der Waals surface area contributed by atoms with Crippen LogP contribution in [0.2, 0.25) is 0 Å². The predicted octanol–water partition coefficient (Wildman–Crippen LogP) is 2.18. The average molecular weight is 255 g/mol. The number of likely N-dealkylation sites (N-methyl/N-ethyl adjacent to an activating group) is 2. The predicted molar refractivity (Wildman–Crippen MR) is 80.1 cm³/mol. The Morgan fingerprint density at radius 2 is 1.78 bits per heavy atom. The van der Waals surface area contributed by atoms with Crippen LogP contribution in [0.25, 0.3) is 0 Å². The smallest absolute Gasteiger partial charge is 0.0330 e. The van der Waals surface area contributed by atoms with E-state index in [2.05, 4.69) is 50.1 Å². The standard InChI is InChI=1S/C15H33N3/c1-14(2)16-11-6-7-12-18(5)13-15(17(3)4)9-8-10-15/h14,16H,6-13H2,1-5H3. The summed E-state index contributed by atoms with van der Waals surface area (Å²) in [5.74, 6) is 0. The number of rotatable bonds is 9. The molecule has 108 valence electrons. The molecule has 1 fully saturated rings. The van der Waals surface area contributed by atoms with Crippen LogP contribution >= 0.6 is 0 Å². The van der Waals surface area contributed by atoms with E-state index in [1.54, 1.807) is 0 Å². The van der Waals surface area contributed by atoms with E-state index < -0.39 is 0 Å². The number of unbranched alkanes of at least 4 members (excludes halogenated alkanes) is 1. The third kappa shape index (κ3) is 4.87. The molecule has 1 rings (SSSR count). The summed E-state index contributed by atoms with van der Waals surface area (Å²) >= 11 is 0. The van der Waals surface area contributed by atoms with Gasteiger partial charge in [-0.25, -0.2) is 0 Å². The van der Waals surface area contributed by atoms with Crippen LogP contribution in [-0.2, 0) is 0 Å².